The van der Waals surface area contributed by atoms with Crippen molar-refractivity contribution in [1.82, 2.24) is 9.97 Å². The first-order valence-electron chi connectivity index (χ1n) is 10.4. The minimum Gasteiger partial charge on any atom is -0.471 e. The van der Waals surface area contributed by atoms with Crippen LogP contribution in [0.15, 0.2) is 35.6 Å². The smallest absolute Gasteiger partial charge is 0.275 e. The van der Waals surface area contributed by atoms with Crippen LogP contribution in [-0.2, 0) is 10.3 Å². The monoisotopic (exact) mass is 497 g/mol. The molecule has 0 saturated heterocycles. The number of alkyl halides is 2. The fourth-order valence-corrected chi connectivity index (χ4v) is 4.89. The number of amidine groups is 1. The van der Waals surface area contributed by atoms with Gasteiger partial charge in [0.15, 0.2) is 5.17 Å². The van der Waals surface area contributed by atoms with Gasteiger partial charge in [-0.1, -0.05) is 11.8 Å². The molecule has 0 saturated carbocycles. The molecule has 1 aromatic heterocycles. The van der Waals surface area contributed by atoms with Gasteiger partial charge in [-0.2, -0.15) is 0 Å². The van der Waals surface area contributed by atoms with Gasteiger partial charge in [0.25, 0.3) is 12.3 Å². The van der Waals surface area contributed by atoms with Crippen LogP contribution in [0.4, 0.5) is 18.9 Å². The summed E-state index contributed by atoms with van der Waals surface area (Å²) in [7, 11) is 1.55. The first-order chi connectivity index (χ1) is 16.0. The number of nitrogens with zero attached hydrogens (tertiary/aromatic N) is 3. The van der Waals surface area contributed by atoms with Crippen LogP contribution in [-0.4, -0.2) is 52.0 Å². The molecule has 0 radical (unpaired) electrons. The molecule has 8 nitrogen and oxygen atoms in total. The number of anilines is 1. The molecule has 0 unspecified atom stereocenters. The van der Waals surface area contributed by atoms with Crippen molar-refractivity contribution in [3.05, 3.63) is 47.7 Å². The highest BCUT2D eigenvalue weighted by Gasteiger charge is 2.48. The number of aliphatic imine (C=N–C) groups is 1. The van der Waals surface area contributed by atoms with Crippen LogP contribution in [0.1, 0.15) is 43.2 Å². The second-order valence-corrected chi connectivity index (χ2v) is 9.94. The lowest BCUT2D eigenvalue weighted by atomic mass is 9.83. The number of rotatable bonds is 8. The fraction of sp³-hybridized carbons (Fsp3) is 0.455. The second-order valence-electron chi connectivity index (χ2n) is 8.39. The van der Waals surface area contributed by atoms with Crippen molar-refractivity contribution in [3.8, 4) is 5.88 Å². The summed E-state index contributed by atoms with van der Waals surface area (Å²) < 4.78 is 51.1. The van der Waals surface area contributed by atoms with Gasteiger partial charge < -0.3 is 20.5 Å². The van der Waals surface area contributed by atoms with Gasteiger partial charge in [-0.3, -0.25) is 9.79 Å². The first kappa shape index (κ1) is 25.8. The number of methoxy groups -OCH3 is 1. The Kier molecular flexibility index (Phi) is 7.71. The van der Waals surface area contributed by atoms with E-state index in [4.69, 9.17) is 15.2 Å². The van der Waals surface area contributed by atoms with Crippen molar-refractivity contribution in [3.63, 3.8) is 0 Å². The zero-order valence-electron chi connectivity index (χ0n) is 19.1. The van der Waals surface area contributed by atoms with Crippen LogP contribution in [0.2, 0.25) is 0 Å². The Morgan fingerprint density at radius 2 is 2.03 bits per heavy atom. The molecule has 0 spiro atoms. The highest BCUT2D eigenvalue weighted by atomic mass is 32.2. The van der Waals surface area contributed by atoms with Gasteiger partial charge in [-0.25, -0.2) is 23.1 Å². The summed E-state index contributed by atoms with van der Waals surface area (Å²) in [5.41, 5.74) is 4.76. The van der Waals surface area contributed by atoms with Crippen molar-refractivity contribution >= 4 is 28.5 Å². The van der Waals surface area contributed by atoms with E-state index in [-0.39, 0.29) is 40.5 Å². The molecule has 34 heavy (non-hydrogen) atoms. The number of carbonyl (C=O) groups excluding carboxylic acids is 1. The zero-order chi connectivity index (χ0) is 25.1. The molecule has 1 aromatic carbocycles. The molecule has 3 atom stereocenters. The van der Waals surface area contributed by atoms with Gasteiger partial charge in [0.2, 0.25) is 5.88 Å². The molecule has 12 heteroatoms. The first-order valence-corrected chi connectivity index (χ1v) is 11.2. The Hall–Kier alpha value is -2.86. The number of nitrogens with two attached hydrogens (primary N) is 1. The number of halogens is 3. The molecule has 1 amide bonds. The Morgan fingerprint density at radius 1 is 1.29 bits per heavy atom. The number of thioether (sulfide) groups is 1. The third kappa shape index (κ3) is 5.79. The largest absolute Gasteiger partial charge is 0.471 e. The van der Waals surface area contributed by atoms with E-state index in [0.29, 0.717) is 6.61 Å². The van der Waals surface area contributed by atoms with Crippen LogP contribution in [0.5, 0.6) is 5.88 Å². The minimum atomic E-state index is -2.69. The maximum Gasteiger partial charge on any atom is 0.275 e. The summed E-state index contributed by atoms with van der Waals surface area (Å²) in [6.45, 7) is 5.07. The molecule has 2 heterocycles. The van der Waals surface area contributed by atoms with E-state index in [1.165, 1.54) is 31.5 Å². The molecular weight excluding hydrogens is 471 g/mol. The third-order valence-corrected chi connectivity index (χ3v) is 6.33. The number of aromatic nitrogens is 2. The van der Waals surface area contributed by atoms with Gasteiger partial charge in [0.1, 0.15) is 17.6 Å². The van der Waals surface area contributed by atoms with E-state index in [1.54, 1.807) is 21.0 Å². The van der Waals surface area contributed by atoms with Gasteiger partial charge in [0.05, 0.1) is 29.3 Å². The molecule has 3 rings (SSSR count). The molecule has 184 valence electrons. The molecule has 3 N–H and O–H groups in total. The Morgan fingerprint density at radius 3 is 2.65 bits per heavy atom. The van der Waals surface area contributed by atoms with Crippen molar-refractivity contribution in [2.24, 2.45) is 10.7 Å². The van der Waals surface area contributed by atoms with Crippen molar-refractivity contribution in [1.29, 1.82) is 0 Å². The Balaban J connectivity index is 1.80. The lowest BCUT2D eigenvalue weighted by Gasteiger charge is -2.40. The van der Waals surface area contributed by atoms with E-state index < -0.39 is 28.4 Å². The number of hydrogen-bond acceptors (Lipinski definition) is 8. The van der Waals surface area contributed by atoms with Gasteiger partial charge >= 0.3 is 0 Å². The topological polar surface area (TPSA) is 112 Å². The van der Waals surface area contributed by atoms with E-state index in [2.05, 4.69) is 20.3 Å². The number of hydrogen-bond donors (Lipinski definition) is 2. The van der Waals surface area contributed by atoms with Crippen molar-refractivity contribution < 1.29 is 27.4 Å². The van der Waals surface area contributed by atoms with Gasteiger partial charge in [0, 0.05) is 18.4 Å². The molecular formula is C22H26F3N5O3S. The van der Waals surface area contributed by atoms with E-state index >= 15 is 0 Å². The summed E-state index contributed by atoms with van der Waals surface area (Å²) in [5, 5.41) is 2.56. The maximum absolute atomic E-state index is 14.8. The number of benzene rings is 1. The molecule has 1 aliphatic heterocycles. The predicted octanol–water partition coefficient (Wildman–Crippen LogP) is 3.97. The quantitative estimate of drug-likeness (QED) is 0.568. The number of ether oxygens (including phenoxy) is 2. The van der Waals surface area contributed by atoms with E-state index in [1.807, 2.05) is 0 Å². The van der Waals surface area contributed by atoms with Gasteiger partial charge in [-0.05, 0) is 45.4 Å². The minimum absolute atomic E-state index is 0.00504. The SMILES string of the molecule is COC[C@H](C)Oc1cnc(C(=O)Nc2ccc(F)c([C@]3(C)C[C@](C)(C(F)F)SC(N)=N3)c2)cn1. The number of carbonyl (C=O) groups is 1. The third-order valence-electron chi connectivity index (χ3n) is 5.24. The molecule has 0 fully saturated rings. The summed E-state index contributed by atoms with van der Waals surface area (Å²) in [4.78, 5) is 25.0. The Labute approximate surface area is 199 Å². The normalized spacial score (nSPS) is 23.4. The Bertz CT molecular complexity index is 1070. The average molecular weight is 498 g/mol. The summed E-state index contributed by atoms with van der Waals surface area (Å²) in [6.07, 6.45) is -0.542. The summed E-state index contributed by atoms with van der Waals surface area (Å²) in [6, 6.07) is 3.86. The maximum atomic E-state index is 14.8. The molecule has 0 bridgehead atoms. The van der Waals surface area contributed by atoms with Crippen LogP contribution < -0.4 is 15.8 Å². The average Bonchev–Trinajstić information content (AvgIpc) is 2.74. The van der Waals surface area contributed by atoms with E-state index in [0.717, 1.165) is 17.8 Å². The predicted molar refractivity (Wildman–Crippen MR) is 124 cm³/mol. The zero-order valence-corrected chi connectivity index (χ0v) is 20.0. The van der Waals surface area contributed by atoms with Crippen molar-refractivity contribution in [2.45, 2.75) is 50.0 Å². The standard InChI is InChI=1S/C22H26F3N5O3S/c1-12(10-32-4)33-17-9-27-16(8-28-17)18(31)29-13-5-6-15(23)14(7-13)21(2)11-22(3,19(24)25)34-20(26)30-21/h5-9,12,19H,10-11H2,1-4H3,(H2,26,30)(H,29,31)/t12-,21-,22+/m0/s1. The van der Waals surface area contributed by atoms with E-state index in [9.17, 15) is 18.0 Å². The molecule has 1 aliphatic rings. The van der Waals surface area contributed by atoms with Crippen LogP contribution in [0.25, 0.3) is 0 Å². The summed E-state index contributed by atoms with van der Waals surface area (Å²) in [5.74, 6) is -1.01. The van der Waals surface area contributed by atoms with Crippen LogP contribution in [0.3, 0.4) is 0 Å². The second kappa shape index (κ2) is 10.2. The highest BCUT2D eigenvalue weighted by Crippen LogP contribution is 2.48. The van der Waals surface area contributed by atoms with Gasteiger partial charge in [-0.15, -0.1) is 0 Å². The molecule has 2 aromatic rings. The van der Waals surface area contributed by atoms with Crippen LogP contribution in [0, 0.1) is 5.82 Å². The van der Waals surface area contributed by atoms with Crippen molar-refractivity contribution in [2.75, 3.05) is 19.0 Å². The fourth-order valence-electron chi connectivity index (χ4n) is 3.72. The number of nitrogens with one attached hydrogen (secondary N) is 1. The number of amides is 1. The lowest BCUT2D eigenvalue weighted by Crippen LogP contribution is -2.44. The molecule has 0 aliphatic carbocycles. The lowest BCUT2D eigenvalue weighted by molar-refractivity contribution is 0.0885. The summed E-state index contributed by atoms with van der Waals surface area (Å²) >= 11 is 0.772. The highest BCUT2D eigenvalue weighted by molar-refractivity contribution is 8.15. The van der Waals surface area contributed by atoms with Crippen LogP contribution >= 0.6 is 11.8 Å².